The Labute approximate surface area is 189 Å². The average molecular weight is 438 g/mol. The van der Waals surface area contributed by atoms with Crippen LogP contribution >= 0.6 is 0 Å². The number of amides is 1. The van der Waals surface area contributed by atoms with E-state index in [0.717, 1.165) is 19.5 Å². The van der Waals surface area contributed by atoms with Crippen molar-refractivity contribution in [3.8, 4) is 11.5 Å². The van der Waals surface area contributed by atoms with Crippen molar-refractivity contribution in [1.82, 2.24) is 24.6 Å². The monoisotopic (exact) mass is 437 g/mol. The number of carbonyl (C=O) groups is 1. The zero-order valence-electron chi connectivity index (χ0n) is 18.9. The van der Waals surface area contributed by atoms with Gasteiger partial charge in [-0.05, 0) is 75.5 Å². The van der Waals surface area contributed by atoms with Gasteiger partial charge in [0.1, 0.15) is 11.4 Å². The fraction of sp³-hybridized carbons (Fsp3) is 0.440. The Kier molecular flexibility index (Phi) is 7.05. The molecule has 2 aromatic heterocycles. The summed E-state index contributed by atoms with van der Waals surface area (Å²) in [4.78, 5) is 15.8. The largest absolute Gasteiger partial charge is 0.352 e. The van der Waals surface area contributed by atoms with Crippen molar-refractivity contribution in [2.75, 3.05) is 19.6 Å². The quantitative estimate of drug-likeness (QED) is 0.528. The van der Waals surface area contributed by atoms with Gasteiger partial charge in [-0.25, -0.2) is 9.07 Å². The van der Waals surface area contributed by atoms with Gasteiger partial charge >= 0.3 is 0 Å². The van der Waals surface area contributed by atoms with Crippen molar-refractivity contribution in [3.63, 3.8) is 0 Å². The van der Waals surface area contributed by atoms with E-state index in [1.54, 1.807) is 16.8 Å². The molecule has 1 atom stereocenters. The van der Waals surface area contributed by atoms with Gasteiger partial charge in [-0.15, -0.1) is 0 Å². The molecule has 6 nitrogen and oxygen atoms in total. The lowest BCUT2D eigenvalue weighted by atomic mass is 10.00. The Morgan fingerprint density at radius 3 is 2.66 bits per heavy atom. The van der Waals surface area contributed by atoms with Gasteiger partial charge in [-0.2, -0.15) is 5.10 Å². The minimum atomic E-state index is -0.308. The second kappa shape index (κ2) is 10.1. The molecule has 1 aliphatic rings. The van der Waals surface area contributed by atoms with Crippen LogP contribution in [0.1, 0.15) is 55.1 Å². The maximum atomic E-state index is 13.4. The van der Waals surface area contributed by atoms with Crippen LogP contribution in [0.2, 0.25) is 0 Å². The Morgan fingerprint density at radius 1 is 1.19 bits per heavy atom. The van der Waals surface area contributed by atoms with Crippen LogP contribution in [0.3, 0.4) is 0 Å². The van der Waals surface area contributed by atoms with E-state index < -0.39 is 0 Å². The van der Waals surface area contributed by atoms with E-state index in [1.807, 2.05) is 36.0 Å². The van der Waals surface area contributed by atoms with Crippen molar-refractivity contribution >= 4 is 5.91 Å². The Balaban J connectivity index is 1.50. The van der Waals surface area contributed by atoms with Crippen molar-refractivity contribution in [2.45, 2.75) is 52.0 Å². The number of piperidine rings is 1. The van der Waals surface area contributed by atoms with Crippen molar-refractivity contribution in [3.05, 3.63) is 65.9 Å². The zero-order chi connectivity index (χ0) is 22.5. The lowest BCUT2D eigenvalue weighted by Crippen LogP contribution is -2.40. The molecular formula is C25H32FN5O. The third kappa shape index (κ3) is 4.78. The number of carbonyl (C=O) groups excluding carboxylic acids is 1. The summed E-state index contributed by atoms with van der Waals surface area (Å²) in [5.74, 6) is 0.209. The molecule has 1 aromatic carbocycles. The first-order valence-corrected chi connectivity index (χ1v) is 11.6. The highest BCUT2D eigenvalue weighted by molar-refractivity contribution is 5.98. The van der Waals surface area contributed by atoms with Crippen LogP contribution in [0.5, 0.6) is 0 Å². The van der Waals surface area contributed by atoms with E-state index in [1.165, 1.54) is 37.8 Å². The molecule has 32 heavy (non-hydrogen) atoms. The molecule has 4 rings (SSSR count). The van der Waals surface area contributed by atoms with Gasteiger partial charge in [0, 0.05) is 31.5 Å². The summed E-state index contributed by atoms with van der Waals surface area (Å²) in [7, 11) is 0. The number of likely N-dealkylation sites (tertiary alicyclic amines) is 1. The molecule has 7 heteroatoms. The number of aromatic nitrogens is 3. The highest BCUT2D eigenvalue weighted by Crippen LogP contribution is 2.23. The van der Waals surface area contributed by atoms with E-state index in [2.05, 4.69) is 22.2 Å². The number of hydrogen-bond donors (Lipinski definition) is 1. The molecule has 1 amide bonds. The standard InChI is InChI=1S/C25H32FN5O/c1-3-21-9-4-5-15-29(21)18-8-14-27-24(32)23-19(2)28-31(22-12-10-20(26)11-13-22)25(23)30-16-6-7-17-30/h6-7,10-13,16-17,21H,3-5,8-9,14-15,18H2,1-2H3,(H,27,32)/t21-/m0/s1. The molecule has 1 aliphatic heterocycles. The molecule has 1 saturated heterocycles. The summed E-state index contributed by atoms with van der Waals surface area (Å²) >= 11 is 0. The third-order valence-electron chi connectivity index (χ3n) is 6.31. The van der Waals surface area contributed by atoms with Crippen LogP contribution in [-0.2, 0) is 0 Å². The maximum Gasteiger partial charge on any atom is 0.256 e. The van der Waals surface area contributed by atoms with Crippen molar-refractivity contribution in [2.24, 2.45) is 0 Å². The number of nitrogens with one attached hydrogen (secondary N) is 1. The molecule has 3 aromatic rings. The lowest BCUT2D eigenvalue weighted by molar-refractivity contribution is 0.0946. The summed E-state index contributed by atoms with van der Waals surface area (Å²) in [6.07, 6.45) is 9.75. The summed E-state index contributed by atoms with van der Waals surface area (Å²) < 4.78 is 17.0. The van der Waals surface area contributed by atoms with Crippen LogP contribution in [0, 0.1) is 12.7 Å². The summed E-state index contributed by atoms with van der Waals surface area (Å²) in [5.41, 5.74) is 1.88. The minimum absolute atomic E-state index is 0.134. The van der Waals surface area contributed by atoms with Gasteiger partial charge < -0.3 is 14.8 Å². The van der Waals surface area contributed by atoms with Crippen LogP contribution in [0.25, 0.3) is 11.5 Å². The van der Waals surface area contributed by atoms with Crippen LogP contribution in [0.15, 0.2) is 48.8 Å². The minimum Gasteiger partial charge on any atom is -0.352 e. The first-order valence-electron chi connectivity index (χ1n) is 11.6. The SMILES string of the molecule is CC[C@H]1CCCCN1CCCNC(=O)c1c(C)nn(-c2ccc(F)cc2)c1-n1cccc1. The molecule has 0 unspecified atom stereocenters. The predicted molar refractivity (Wildman–Crippen MR) is 124 cm³/mol. The number of aryl methyl sites for hydroxylation is 1. The molecule has 0 bridgehead atoms. The van der Waals surface area contributed by atoms with Crippen molar-refractivity contribution in [1.29, 1.82) is 0 Å². The molecular weight excluding hydrogens is 405 g/mol. The Hall–Kier alpha value is -2.93. The van der Waals surface area contributed by atoms with E-state index in [9.17, 15) is 9.18 Å². The topological polar surface area (TPSA) is 55.1 Å². The van der Waals surface area contributed by atoms with E-state index in [-0.39, 0.29) is 11.7 Å². The van der Waals surface area contributed by atoms with Gasteiger partial charge in [0.15, 0.2) is 5.82 Å². The average Bonchev–Trinajstić information content (AvgIpc) is 3.45. The summed E-state index contributed by atoms with van der Waals surface area (Å²) in [5, 5.41) is 7.71. The number of nitrogens with zero attached hydrogens (tertiary/aromatic N) is 4. The summed E-state index contributed by atoms with van der Waals surface area (Å²) in [6.45, 7) is 6.89. The molecule has 0 spiro atoms. The smallest absolute Gasteiger partial charge is 0.256 e. The van der Waals surface area contributed by atoms with Gasteiger partial charge in [0.05, 0.1) is 11.4 Å². The van der Waals surface area contributed by atoms with Crippen LogP contribution in [0.4, 0.5) is 4.39 Å². The van der Waals surface area contributed by atoms with Gasteiger partial charge in [0.2, 0.25) is 0 Å². The predicted octanol–water partition coefficient (Wildman–Crippen LogP) is 4.49. The highest BCUT2D eigenvalue weighted by atomic mass is 19.1. The van der Waals surface area contributed by atoms with Gasteiger partial charge in [0.25, 0.3) is 5.91 Å². The molecule has 1 fully saturated rings. The number of rotatable bonds is 8. The highest BCUT2D eigenvalue weighted by Gasteiger charge is 2.24. The van der Waals surface area contributed by atoms with Crippen LogP contribution in [-0.4, -0.2) is 50.8 Å². The Morgan fingerprint density at radius 2 is 1.94 bits per heavy atom. The van der Waals surface area contributed by atoms with E-state index >= 15 is 0 Å². The first-order chi connectivity index (χ1) is 15.6. The van der Waals surface area contributed by atoms with E-state index in [0.29, 0.717) is 35.3 Å². The number of halogens is 1. The number of hydrogen-bond acceptors (Lipinski definition) is 3. The fourth-order valence-corrected chi connectivity index (χ4v) is 4.65. The van der Waals surface area contributed by atoms with E-state index in [4.69, 9.17) is 0 Å². The number of benzene rings is 1. The lowest BCUT2D eigenvalue weighted by Gasteiger charge is -2.35. The molecule has 0 radical (unpaired) electrons. The third-order valence-corrected chi connectivity index (χ3v) is 6.31. The van der Waals surface area contributed by atoms with Crippen LogP contribution < -0.4 is 5.32 Å². The second-order valence-corrected chi connectivity index (χ2v) is 8.47. The maximum absolute atomic E-state index is 13.4. The summed E-state index contributed by atoms with van der Waals surface area (Å²) in [6, 6.07) is 10.6. The van der Waals surface area contributed by atoms with Gasteiger partial charge in [-0.1, -0.05) is 13.3 Å². The fourth-order valence-electron chi connectivity index (χ4n) is 4.65. The molecule has 1 N–H and O–H groups in total. The zero-order valence-corrected chi connectivity index (χ0v) is 18.9. The first kappa shape index (κ1) is 22.3. The molecule has 0 aliphatic carbocycles. The van der Waals surface area contributed by atoms with Crippen molar-refractivity contribution < 1.29 is 9.18 Å². The molecule has 0 saturated carbocycles. The second-order valence-electron chi connectivity index (χ2n) is 8.47. The molecule has 170 valence electrons. The van der Waals surface area contributed by atoms with Gasteiger partial charge in [-0.3, -0.25) is 4.79 Å². The normalized spacial score (nSPS) is 16.9. The molecule has 3 heterocycles. The Bertz CT molecular complexity index is 1030.